The van der Waals surface area contributed by atoms with Crippen LogP contribution >= 0.6 is 0 Å². The maximum atomic E-state index is 5.66. The van der Waals surface area contributed by atoms with E-state index < -0.39 is 0 Å². The molecule has 13 aromatic carbocycles. The summed E-state index contributed by atoms with van der Waals surface area (Å²) in [4.78, 5) is 16.7. The third-order valence-corrected chi connectivity index (χ3v) is 18.8. The standard InChI is InChI=1S/C87H58N6/c1-6-24-57(25-7-1)60-42-44-63(45-43-60)85-88-86(66-51-64(58-26-8-2-9-27-58)50-65(52-66)59-28-10-3-11-29-59)90-87(89-85)67-53-76(61-30-12-4-13-31-61)84(77(54-67)62-32-14-5-15-33-62)93-82-55-68(91-78-38-20-16-34-70(78)71-35-17-21-39-79(71)91)46-48-74(82)75-49-47-69(56-83(75)93)92-80-40-22-18-36-72(80)73-37-19-23-41-81(73)92/h1-28,30-56,59H,29H2. The third kappa shape index (κ3) is 9.29. The number of hydrogen-bond donors (Lipinski definition) is 0. The molecule has 0 amide bonds. The van der Waals surface area contributed by atoms with Crippen LogP contribution in [0.15, 0.2) is 334 Å². The van der Waals surface area contributed by atoms with Crippen molar-refractivity contribution in [1.82, 2.24) is 28.7 Å². The molecule has 4 heterocycles. The second-order valence-electron chi connectivity index (χ2n) is 24.2. The van der Waals surface area contributed by atoms with Crippen LogP contribution in [0.4, 0.5) is 0 Å². The van der Waals surface area contributed by atoms with Crippen LogP contribution in [0.5, 0.6) is 0 Å². The Kier molecular flexibility index (Phi) is 12.9. The lowest BCUT2D eigenvalue weighted by Gasteiger charge is -2.22. The van der Waals surface area contributed by atoms with Crippen LogP contribution in [-0.2, 0) is 0 Å². The summed E-state index contributed by atoms with van der Waals surface area (Å²) in [6.45, 7) is 0. The molecule has 4 aromatic heterocycles. The highest BCUT2D eigenvalue weighted by Gasteiger charge is 2.26. The van der Waals surface area contributed by atoms with Crippen LogP contribution in [-0.4, -0.2) is 28.7 Å². The number of rotatable bonds is 11. The Balaban J connectivity index is 0.932. The SMILES string of the molecule is C1=CCC(c2cc(-c3ccccc3)cc(-c3nc(-c4ccc(-c5ccccc5)cc4)nc(-c4cc(-c5ccccc5)c(-n5c6cc(-n7c8ccccc8c8ccccc87)ccc6c6ccc(-n7c8ccccc8c8ccccc87)cc65)c(-c5ccccc5)c4)n3)c2)C=C1. The van der Waals surface area contributed by atoms with Crippen molar-refractivity contribution in [1.29, 1.82) is 0 Å². The van der Waals surface area contributed by atoms with Crippen LogP contribution in [0.2, 0.25) is 0 Å². The molecule has 6 heteroatoms. The van der Waals surface area contributed by atoms with Crippen molar-refractivity contribution in [3.05, 3.63) is 339 Å². The van der Waals surface area contributed by atoms with E-state index in [1.165, 1.54) is 27.1 Å². The summed E-state index contributed by atoms with van der Waals surface area (Å²) in [5.74, 6) is 1.95. The lowest BCUT2D eigenvalue weighted by Crippen LogP contribution is -2.05. The highest BCUT2D eigenvalue weighted by Crippen LogP contribution is 2.46. The molecule has 1 unspecified atom stereocenters. The van der Waals surface area contributed by atoms with E-state index in [0.717, 1.165) is 129 Å². The van der Waals surface area contributed by atoms with Crippen LogP contribution in [0.25, 0.3) is 161 Å². The number of allylic oxidation sites excluding steroid dienone is 4. The predicted octanol–water partition coefficient (Wildman–Crippen LogP) is 22.4. The van der Waals surface area contributed by atoms with Gasteiger partial charge in [-0.1, -0.05) is 261 Å². The van der Waals surface area contributed by atoms with E-state index in [2.05, 4.69) is 347 Å². The van der Waals surface area contributed by atoms with Crippen molar-refractivity contribution >= 4 is 65.4 Å². The van der Waals surface area contributed by atoms with Gasteiger partial charge in [-0.05, 0) is 118 Å². The van der Waals surface area contributed by atoms with Gasteiger partial charge in [0.15, 0.2) is 17.5 Å². The highest BCUT2D eigenvalue weighted by atomic mass is 15.0. The number of benzene rings is 13. The Morgan fingerprint density at radius 1 is 0.258 bits per heavy atom. The summed E-state index contributed by atoms with van der Waals surface area (Å²) in [6, 6.07) is 112. The summed E-state index contributed by atoms with van der Waals surface area (Å²) in [5.41, 5.74) is 22.5. The average Bonchev–Trinajstić information content (AvgIpc) is 1.61. The second kappa shape index (κ2) is 22.4. The molecule has 0 saturated heterocycles. The lowest BCUT2D eigenvalue weighted by molar-refractivity contribution is 0.854. The maximum Gasteiger partial charge on any atom is 0.164 e. The molecule has 436 valence electrons. The Labute approximate surface area is 538 Å². The van der Waals surface area contributed by atoms with Crippen LogP contribution in [0.3, 0.4) is 0 Å². The molecule has 0 aliphatic heterocycles. The van der Waals surface area contributed by atoms with Crippen LogP contribution < -0.4 is 0 Å². The minimum atomic E-state index is 0.190. The van der Waals surface area contributed by atoms with Gasteiger partial charge in [-0.25, -0.2) is 15.0 Å². The molecule has 0 N–H and O–H groups in total. The number of nitrogens with zero attached hydrogens (tertiary/aromatic N) is 6. The Hall–Kier alpha value is -12.3. The summed E-state index contributed by atoms with van der Waals surface area (Å²) in [7, 11) is 0. The van der Waals surface area contributed by atoms with E-state index in [1.807, 2.05) is 0 Å². The fourth-order valence-electron chi connectivity index (χ4n) is 14.4. The van der Waals surface area contributed by atoms with Crippen molar-refractivity contribution in [2.45, 2.75) is 12.3 Å². The Morgan fingerprint density at radius 2 is 0.624 bits per heavy atom. The lowest BCUT2D eigenvalue weighted by atomic mass is 9.88. The molecule has 0 bridgehead atoms. The van der Waals surface area contributed by atoms with E-state index in [-0.39, 0.29) is 5.92 Å². The van der Waals surface area contributed by atoms with Gasteiger partial charge in [-0.2, -0.15) is 0 Å². The van der Waals surface area contributed by atoms with Crippen molar-refractivity contribution in [3.8, 4) is 95.7 Å². The van der Waals surface area contributed by atoms with Crippen molar-refractivity contribution in [3.63, 3.8) is 0 Å². The van der Waals surface area contributed by atoms with Gasteiger partial charge in [-0.15, -0.1) is 0 Å². The van der Waals surface area contributed by atoms with E-state index >= 15 is 0 Å². The Morgan fingerprint density at radius 3 is 1.08 bits per heavy atom. The first-order valence-corrected chi connectivity index (χ1v) is 31.9. The molecule has 1 aliphatic rings. The highest BCUT2D eigenvalue weighted by molar-refractivity contribution is 6.15. The molecular weight excluding hydrogens is 1130 g/mol. The smallest absolute Gasteiger partial charge is 0.164 e. The van der Waals surface area contributed by atoms with Gasteiger partial charge in [0.2, 0.25) is 0 Å². The fraction of sp³-hybridized carbons (Fsp3) is 0.0230. The summed E-state index contributed by atoms with van der Waals surface area (Å²) in [6.07, 6.45) is 9.76. The molecular formula is C87H58N6. The quantitative estimate of drug-likeness (QED) is 0.130. The normalized spacial score (nSPS) is 13.1. The minimum Gasteiger partial charge on any atom is -0.309 e. The van der Waals surface area contributed by atoms with Gasteiger partial charge in [-0.3, -0.25) is 0 Å². The number of para-hydroxylation sites is 4. The summed E-state index contributed by atoms with van der Waals surface area (Å²) < 4.78 is 7.42. The second-order valence-corrected chi connectivity index (χ2v) is 24.2. The first-order valence-electron chi connectivity index (χ1n) is 31.9. The molecule has 0 radical (unpaired) electrons. The first kappa shape index (κ1) is 53.7. The van der Waals surface area contributed by atoms with E-state index in [0.29, 0.717) is 17.5 Å². The van der Waals surface area contributed by atoms with Gasteiger partial charge < -0.3 is 13.7 Å². The van der Waals surface area contributed by atoms with E-state index in [4.69, 9.17) is 15.0 Å². The van der Waals surface area contributed by atoms with Gasteiger partial charge >= 0.3 is 0 Å². The van der Waals surface area contributed by atoms with Gasteiger partial charge in [0, 0.05) is 77.4 Å². The minimum absolute atomic E-state index is 0.190. The van der Waals surface area contributed by atoms with Crippen LogP contribution in [0.1, 0.15) is 17.9 Å². The largest absolute Gasteiger partial charge is 0.309 e. The molecule has 1 aliphatic carbocycles. The molecule has 0 saturated carbocycles. The number of hydrogen-bond acceptors (Lipinski definition) is 3. The maximum absolute atomic E-state index is 5.66. The zero-order valence-electron chi connectivity index (χ0n) is 50.7. The van der Waals surface area contributed by atoms with Crippen molar-refractivity contribution < 1.29 is 0 Å². The molecule has 1 atom stereocenters. The Bertz CT molecular complexity index is 5480. The number of fused-ring (bicyclic) bond motifs is 9. The monoisotopic (exact) mass is 1190 g/mol. The topological polar surface area (TPSA) is 53.5 Å². The molecule has 0 fully saturated rings. The van der Waals surface area contributed by atoms with Gasteiger partial charge in [0.25, 0.3) is 0 Å². The van der Waals surface area contributed by atoms with Gasteiger partial charge in [0.05, 0.1) is 38.8 Å². The van der Waals surface area contributed by atoms with Crippen molar-refractivity contribution in [2.75, 3.05) is 0 Å². The molecule has 0 spiro atoms. The number of aromatic nitrogens is 6. The summed E-state index contributed by atoms with van der Waals surface area (Å²) in [5, 5.41) is 7.16. The predicted molar refractivity (Wildman–Crippen MR) is 387 cm³/mol. The van der Waals surface area contributed by atoms with Crippen molar-refractivity contribution in [2.24, 2.45) is 0 Å². The van der Waals surface area contributed by atoms with E-state index in [9.17, 15) is 0 Å². The third-order valence-electron chi connectivity index (χ3n) is 18.8. The average molecular weight is 1190 g/mol. The van der Waals surface area contributed by atoms with Gasteiger partial charge in [0.1, 0.15) is 0 Å². The van der Waals surface area contributed by atoms with Crippen LogP contribution in [0, 0.1) is 0 Å². The molecule has 17 aromatic rings. The summed E-state index contributed by atoms with van der Waals surface area (Å²) >= 11 is 0. The fourth-order valence-corrected chi connectivity index (χ4v) is 14.4. The zero-order valence-corrected chi connectivity index (χ0v) is 50.7. The molecule has 18 rings (SSSR count). The molecule has 6 nitrogen and oxygen atoms in total. The first-order chi connectivity index (χ1) is 46.1. The zero-order chi connectivity index (χ0) is 61.3. The molecule has 93 heavy (non-hydrogen) atoms. The van der Waals surface area contributed by atoms with E-state index in [1.54, 1.807) is 0 Å².